The third-order valence-corrected chi connectivity index (χ3v) is 2.38. The van der Waals surface area contributed by atoms with Gasteiger partial charge in [0, 0.05) is 18.9 Å². The first-order chi connectivity index (χ1) is 4.75. The fraction of sp³-hybridized carbons (Fsp3) is 0.571. The molecule has 1 rings (SSSR count). The molecule has 0 fully saturated rings. The molecule has 3 heteroatoms. The molecule has 1 aromatic rings. The highest BCUT2D eigenvalue weighted by atomic mass is 32.2. The van der Waals surface area contributed by atoms with Gasteiger partial charge in [0.2, 0.25) is 0 Å². The minimum Gasteiger partial charge on any atom is -0.327 e. The van der Waals surface area contributed by atoms with Crippen LogP contribution >= 0.6 is 11.8 Å². The van der Waals surface area contributed by atoms with Gasteiger partial charge in [0.05, 0.1) is 0 Å². The van der Waals surface area contributed by atoms with Crippen molar-refractivity contribution in [3.8, 4) is 0 Å². The summed E-state index contributed by atoms with van der Waals surface area (Å²) in [6.07, 6.45) is 1.90. The number of imidazole rings is 1. The van der Waals surface area contributed by atoms with E-state index in [0.717, 1.165) is 10.9 Å². The summed E-state index contributed by atoms with van der Waals surface area (Å²) in [5, 5.41) is 1.11. The Labute approximate surface area is 65.7 Å². The molecule has 10 heavy (non-hydrogen) atoms. The molecule has 2 nitrogen and oxygen atoms in total. The van der Waals surface area contributed by atoms with Crippen molar-refractivity contribution >= 4 is 11.8 Å². The summed E-state index contributed by atoms with van der Waals surface area (Å²) in [5.41, 5.74) is 1.22. The minimum atomic E-state index is 1.09. The number of thioether (sulfide) groups is 1. The molecule has 0 atom stereocenters. The van der Waals surface area contributed by atoms with Gasteiger partial charge in [-0.1, -0.05) is 18.7 Å². The van der Waals surface area contributed by atoms with Crippen LogP contribution in [0.5, 0.6) is 0 Å². The first-order valence-electron chi connectivity index (χ1n) is 3.36. The molecule has 0 aliphatic rings. The largest absolute Gasteiger partial charge is 0.327 e. The van der Waals surface area contributed by atoms with Crippen LogP contribution in [0.25, 0.3) is 0 Å². The maximum atomic E-state index is 4.23. The molecule has 0 unspecified atom stereocenters. The number of aromatic nitrogens is 2. The molecule has 0 bridgehead atoms. The number of rotatable bonds is 2. The summed E-state index contributed by atoms with van der Waals surface area (Å²) in [6.45, 7) is 4.20. The van der Waals surface area contributed by atoms with Gasteiger partial charge in [0.15, 0.2) is 5.16 Å². The van der Waals surface area contributed by atoms with Crippen LogP contribution in [0.15, 0.2) is 11.4 Å². The van der Waals surface area contributed by atoms with E-state index in [1.807, 2.05) is 13.2 Å². The van der Waals surface area contributed by atoms with Gasteiger partial charge < -0.3 is 4.57 Å². The molecule has 0 radical (unpaired) electrons. The Bertz CT molecular complexity index is 217. The van der Waals surface area contributed by atoms with Gasteiger partial charge in [-0.25, -0.2) is 4.98 Å². The van der Waals surface area contributed by atoms with Crippen LogP contribution in [-0.2, 0) is 7.05 Å². The van der Waals surface area contributed by atoms with Gasteiger partial charge in [0.1, 0.15) is 0 Å². The van der Waals surface area contributed by atoms with Gasteiger partial charge in [-0.2, -0.15) is 0 Å². The van der Waals surface area contributed by atoms with E-state index in [1.165, 1.54) is 5.69 Å². The van der Waals surface area contributed by atoms with E-state index in [1.54, 1.807) is 11.8 Å². The fourth-order valence-corrected chi connectivity index (χ4v) is 1.46. The van der Waals surface area contributed by atoms with Crippen molar-refractivity contribution in [2.75, 3.05) is 5.75 Å². The second-order valence-corrected chi connectivity index (χ2v) is 3.41. The number of hydrogen-bond donors (Lipinski definition) is 0. The van der Waals surface area contributed by atoms with Gasteiger partial charge in [0.25, 0.3) is 0 Å². The number of hydrogen-bond acceptors (Lipinski definition) is 2. The van der Waals surface area contributed by atoms with E-state index in [2.05, 4.69) is 23.4 Å². The van der Waals surface area contributed by atoms with E-state index < -0.39 is 0 Å². The van der Waals surface area contributed by atoms with Crippen molar-refractivity contribution in [1.82, 2.24) is 9.55 Å². The molecule has 1 aromatic heterocycles. The highest BCUT2D eigenvalue weighted by molar-refractivity contribution is 7.99. The average molecular weight is 156 g/mol. The van der Waals surface area contributed by atoms with Crippen molar-refractivity contribution in [3.63, 3.8) is 0 Å². The topological polar surface area (TPSA) is 17.8 Å². The molecule has 0 aromatic carbocycles. The first-order valence-corrected chi connectivity index (χ1v) is 4.35. The van der Waals surface area contributed by atoms with Crippen LogP contribution in [0.1, 0.15) is 12.6 Å². The maximum Gasteiger partial charge on any atom is 0.167 e. The third kappa shape index (κ3) is 1.34. The normalized spacial score (nSPS) is 10.3. The van der Waals surface area contributed by atoms with Gasteiger partial charge >= 0.3 is 0 Å². The van der Waals surface area contributed by atoms with Crippen LogP contribution in [0.4, 0.5) is 0 Å². The Morgan fingerprint density at radius 2 is 2.40 bits per heavy atom. The zero-order valence-electron chi connectivity index (χ0n) is 6.59. The highest BCUT2D eigenvalue weighted by Gasteiger charge is 2.00. The lowest BCUT2D eigenvalue weighted by Gasteiger charge is -1.98. The second kappa shape index (κ2) is 3.10. The maximum absolute atomic E-state index is 4.23. The van der Waals surface area contributed by atoms with Gasteiger partial charge in [-0.05, 0) is 12.7 Å². The van der Waals surface area contributed by atoms with Crippen molar-refractivity contribution in [2.24, 2.45) is 7.05 Å². The predicted molar refractivity (Wildman–Crippen MR) is 44.3 cm³/mol. The van der Waals surface area contributed by atoms with Crippen LogP contribution in [0.2, 0.25) is 0 Å². The lowest BCUT2D eigenvalue weighted by Crippen LogP contribution is -1.92. The van der Waals surface area contributed by atoms with Crippen LogP contribution in [0, 0.1) is 6.92 Å². The zero-order chi connectivity index (χ0) is 7.56. The Hall–Kier alpha value is -0.440. The van der Waals surface area contributed by atoms with Crippen LogP contribution in [-0.4, -0.2) is 15.3 Å². The highest BCUT2D eigenvalue weighted by Crippen LogP contribution is 2.15. The van der Waals surface area contributed by atoms with Crippen LogP contribution < -0.4 is 0 Å². The molecular formula is C7H12N2S. The molecule has 0 aliphatic heterocycles. The van der Waals surface area contributed by atoms with Crippen molar-refractivity contribution in [2.45, 2.75) is 19.0 Å². The molecule has 56 valence electrons. The fourth-order valence-electron chi connectivity index (χ4n) is 0.736. The Morgan fingerprint density at radius 3 is 2.80 bits per heavy atom. The third-order valence-electron chi connectivity index (χ3n) is 1.45. The van der Waals surface area contributed by atoms with Crippen molar-refractivity contribution in [1.29, 1.82) is 0 Å². The standard InChI is InChI=1S/C7H12N2S/c1-4-10-7-8-5-6(2)9(7)3/h5H,4H2,1-3H3. The number of aryl methyl sites for hydroxylation is 1. The summed E-state index contributed by atoms with van der Waals surface area (Å²) in [5.74, 6) is 1.09. The molecule has 1 heterocycles. The summed E-state index contributed by atoms with van der Waals surface area (Å²) < 4.78 is 2.11. The van der Waals surface area contributed by atoms with Gasteiger partial charge in [-0.3, -0.25) is 0 Å². The summed E-state index contributed by atoms with van der Waals surface area (Å²) in [6, 6.07) is 0. The van der Waals surface area contributed by atoms with E-state index in [4.69, 9.17) is 0 Å². The average Bonchev–Trinajstić information content (AvgIpc) is 2.20. The lowest BCUT2D eigenvalue weighted by molar-refractivity contribution is 0.766. The molecule has 0 aliphatic carbocycles. The van der Waals surface area contributed by atoms with E-state index in [-0.39, 0.29) is 0 Å². The Kier molecular flexibility index (Phi) is 2.38. The smallest absolute Gasteiger partial charge is 0.167 e. The second-order valence-electron chi connectivity index (χ2n) is 2.17. The molecule has 0 saturated heterocycles. The molecule has 0 amide bonds. The van der Waals surface area contributed by atoms with E-state index in [9.17, 15) is 0 Å². The number of nitrogens with zero attached hydrogens (tertiary/aromatic N) is 2. The minimum absolute atomic E-state index is 1.09. The molecule has 0 N–H and O–H groups in total. The van der Waals surface area contributed by atoms with Gasteiger partial charge in [-0.15, -0.1) is 0 Å². The van der Waals surface area contributed by atoms with Crippen molar-refractivity contribution < 1.29 is 0 Å². The SMILES string of the molecule is CCSc1ncc(C)n1C. The predicted octanol–water partition coefficient (Wildman–Crippen LogP) is 1.84. The quantitative estimate of drug-likeness (QED) is 0.608. The Morgan fingerprint density at radius 1 is 1.70 bits per heavy atom. The summed E-state index contributed by atoms with van der Waals surface area (Å²) in [4.78, 5) is 4.23. The Balaban J connectivity index is 2.83. The molecule has 0 saturated carbocycles. The van der Waals surface area contributed by atoms with Crippen molar-refractivity contribution in [3.05, 3.63) is 11.9 Å². The molecule has 0 spiro atoms. The van der Waals surface area contributed by atoms with E-state index in [0.29, 0.717) is 0 Å². The summed E-state index contributed by atoms with van der Waals surface area (Å²) >= 11 is 1.77. The summed E-state index contributed by atoms with van der Waals surface area (Å²) in [7, 11) is 2.04. The lowest BCUT2D eigenvalue weighted by atomic mass is 10.5. The van der Waals surface area contributed by atoms with Crippen LogP contribution in [0.3, 0.4) is 0 Å². The zero-order valence-corrected chi connectivity index (χ0v) is 7.40. The molecular weight excluding hydrogens is 144 g/mol. The first kappa shape index (κ1) is 7.66. The monoisotopic (exact) mass is 156 g/mol. The van der Waals surface area contributed by atoms with E-state index >= 15 is 0 Å².